The highest BCUT2D eigenvalue weighted by atomic mass is 16.5. The van der Waals surface area contributed by atoms with Crippen molar-refractivity contribution in [1.82, 2.24) is 4.98 Å². The van der Waals surface area contributed by atoms with E-state index in [0.717, 1.165) is 32.1 Å². The van der Waals surface area contributed by atoms with Gasteiger partial charge in [-0.1, -0.05) is 20.8 Å². The molecule has 4 fully saturated rings. The SMILES string of the molecule is COc1ccc2c(=O)oc(CC[C@@H](C)[C@H]3CC[C@H]4[C@H]5C(CC[C@]34C)[C@@]3(C)CC[C@@H](O)C[C@H]3C[C@@H]5O)nc2c1. The molecule has 1 unspecified atom stereocenters. The summed E-state index contributed by atoms with van der Waals surface area (Å²) < 4.78 is 10.9. The Kier molecular flexibility index (Phi) is 6.66. The number of aromatic nitrogens is 1. The molecule has 6 rings (SSSR count). The molecule has 1 aromatic heterocycles. The maximum Gasteiger partial charge on any atom is 0.346 e. The van der Waals surface area contributed by atoms with Crippen LogP contribution < -0.4 is 10.4 Å². The normalized spacial score (nSPS) is 41.3. The molecule has 0 radical (unpaired) electrons. The Morgan fingerprint density at radius 2 is 1.84 bits per heavy atom. The second-order valence-electron chi connectivity index (χ2n) is 13.7. The largest absolute Gasteiger partial charge is 0.497 e. The quantitative estimate of drug-likeness (QED) is 0.518. The molecule has 0 spiro atoms. The average Bonchev–Trinajstić information content (AvgIpc) is 3.25. The maximum atomic E-state index is 12.6. The summed E-state index contributed by atoms with van der Waals surface area (Å²) in [6.45, 7) is 7.35. The fourth-order valence-electron chi connectivity index (χ4n) is 10.1. The van der Waals surface area contributed by atoms with Crippen molar-refractivity contribution in [3.63, 3.8) is 0 Å². The summed E-state index contributed by atoms with van der Waals surface area (Å²) in [5.41, 5.74) is 0.794. The lowest BCUT2D eigenvalue weighted by atomic mass is 9.43. The number of aryl methyl sites for hydroxylation is 1. The van der Waals surface area contributed by atoms with E-state index in [-0.39, 0.29) is 28.7 Å². The molecular weight excluding hydrogens is 478 g/mol. The van der Waals surface area contributed by atoms with Gasteiger partial charge >= 0.3 is 5.63 Å². The smallest absolute Gasteiger partial charge is 0.346 e. The van der Waals surface area contributed by atoms with Crippen LogP contribution in [0.4, 0.5) is 0 Å². The lowest BCUT2D eigenvalue weighted by Gasteiger charge is -2.62. The van der Waals surface area contributed by atoms with Gasteiger partial charge in [-0.05, 0) is 116 Å². The molecule has 2 N–H and O–H groups in total. The van der Waals surface area contributed by atoms with Gasteiger partial charge in [-0.15, -0.1) is 0 Å². The number of aliphatic hydroxyl groups excluding tert-OH is 2. The third-order valence-electron chi connectivity index (χ3n) is 12.1. The van der Waals surface area contributed by atoms with Crippen molar-refractivity contribution in [2.45, 2.75) is 97.2 Å². The van der Waals surface area contributed by atoms with Crippen LogP contribution in [0, 0.1) is 46.3 Å². The number of methoxy groups -OCH3 is 1. The van der Waals surface area contributed by atoms with Crippen LogP contribution in [0.5, 0.6) is 5.75 Å². The van der Waals surface area contributed by atoms with Crippen molar-refractivity contribution in [1.29, 1.82) is 0 Å². The molecule has 1 aromatic carbocycles. The molecule has 0 saturated heterocycles. The topological polar surface area (TPSA) is 92.8 Å². The third-order valence-corrected chi connectivity index (χ3v) is 12.1. The van der Waals surface area contributed by atoms with E-state index in [2.05, 4.69) is 25.8 Å². The van der Waals surface area contributed by atoms with Gasteiger partial charge < -0.3 is 19.4 Å². The van der Waals surface area contributed by atoms with Crippen molar-refractivity contribution in [2.75, 3.05) is 7.11 Å². The van der Waals surface area contributed by atoms with E-state index < -0.39 is 0 Å². The van der Waals surface area contributed by atoms with E-state index >= 15 is 0 Å². The van der Waals surface area contributed by atoms with E-state index in [1.807, 2.05) is 0 Å². The average molecular weight is 524 g/mol. The monoisotopic (exact) mass is 523 g/mol. The number of hydrogen-bond donors (Lipinski definition) is 2. The summed E-state index contributed by atoms with van der Waals surface area (Å²) in [6.07, 6.45) is 9.75. The molecule has 1 heterocycles. The van der Waals surface area contributed by atoms with Crippen molar-refractivity contribution in [2.24, 2.45) is 46.3 Å². The molecular formula is C32H45NO5. The first-order valence-corrected chi connectivity index (χ1v) is 15.0. The molecule has 4 aliphatic carbocycles. The van der Waals surface area contributed by atoms with Crippen LogP contribution in [-0.2, 0) is 6.42 Å². The van der Waals surface area contributed by atoms with Crippen LogP contribution >= 0.6 is 0 Å². The van der Waals surface area contributed by atoms with Gasteiger partial charge in [-0.25, -0.2) is 9.78 Å². The first-order chi connectivity index (χ1) is 18.1. The molecule has 6 nitrogen and oxygen atoms in total. The highest BCUT2D eigenvalue weighted by Gasteiger charge is 2.62. The Balaban J connectivity index is 1.18. The lowest BCUT2D eigenvalue weighted by Crippen LogP contribution is -2.58. The summed E-state index contributed by atoms with van der Waals surface area (Å²) >= 11 is 0. The summed E-state index contributed by atoms with van der Waals surface area (Å²) in [5, 5.41) is 22.3. The molecule has 38 heavy (non-hydrogen) atoms. The van der Waals surface area contributed by atoms with Crippen LogP contribution in [0.2, 0.25) is 0 Å². The van der Waals surface area contributed by atoms with Gasteiger partial charge in [0.1, 0.15) is 5.75 Å². The Morgan fingerprint density at radius 1 is 1.08 bits per heavy atom. The lowest BCUT2D eigenvalue weighted by molar-refractivity contribution is -0.174. The van der Waals surface area contributed by atoms with Gasteiger partial charge in [-0.3, -0.25) is 0 Å². The van der Waals surface area contributed by atoms with Crippen LogP contribution in [0.1, 0.15) is 84.4 Å². The number of aliphatic hydroxyl groups is 2. The summed E-state index contributed by atoms with van der Waals surface area (Å²) in [6, 6.07) is 5.27. The van der Waals surface area contributed by atoms with Gasteiger partial charge in [0.2, 0.25) is 0 Å². The molecule has 0 aliphatic heterocycles. The minimum atomic E-state index is -0.333. The van der Waals surface area contributed by atoms with Gasteiger partial charge in [-0.2, -0.15) is 0 Å². The number of benzene rings is 1. The predicted molar refractivity (Wildman–Crippen MR) is 147 cm³/mol. The summed E-state index contributed by atoms with van der Waals surface area (Å²) in [5.74, 6) is 4.26. The molecule has 0 amide bonds. The number of nitrogens with zero attached hydrogens (tertiary/aromatic N) is 1. The summed E-state index contributed by atoms with van der Waals surface area (Å²) in [4.78, 5) is 17.2. The Morgan fingerprint density at radius 3 is 2.63 bits per heavy atom. The minimum Gasteiger partial charge on any atom is -0.497 e. The van der Waals surface area contributed by atoms with Gasteiger partial charge in [0, 0.05) is 12.5 Å². The van der Waals surface area contributed by atoms with Crippen molar-refractivity contribution >= 4 is 10.9 Å². The first-order valence-electron chi connectivity index (χ1n) is 15.0. The van der Waals surface area contributed by atoms with E-state index in [4.69, 9.17) is 9.15 Å². The molecule has 10 atom stereocenters. The van der Waals surface area contributed by atoms with Crippen LogP contribution in [0.25, 0.3) is 10.9 Å². The summed E-state index contributed by atoms with van der Waals surface area (Å²) in [7, 11) is 1.61. The Bertz CT molecular complexity index is 1240. The zero-order chi connectivity index (χ0) is 26.8. The highest BCUT2D eigenvalue weighted by molar-refractivity contribution is 5.78. The second kappa shape index (κ2) is 9.62. The molecule has 208 valence electrons. The Hall–Kier alpha value is -1.92. The van der Waals surface area contributed by atoms with E-state index in [1.165, 1.54) is 25.7 Å². The third kappa shape index (κ3) is 4.13. The number of fused-ring (bicyclic) bond motifs is 6. The molecule has 2 aromatic rings. The van der Waals surface area contributed by atoms with Crippen molar-refractivity contribution in [3.05, 3.63) is 34.5 Å². The van der Waals surface area contributed by atoms with Gasteiger partial charge in [0.05, 0.1) is 30.2 Å². The first kappa shape index (κ1) is 26.3. The zero-order valence-corrected chi connectivity index (χ0v) is 23.5. The number of hydrogen-bond acceptors (Lipinski definition) is 6. The predicted octanol–water partition coefficient (Wildman–Crippen LogP) is 5.76. The molecule has 6 heteroatoms. The van der Waals surface area contributed by atoms with Crippen molar-refractivity contribution < 1.29 is 19.4 Å². The fourth-order valence-corrected chi connectivity index (χ4v) is 10.1. The highest BCUT2D eigenvalue weighted by Crippen LogP contribution is 2.68. The van der Waals surface area contributed by atoms with Crippen LogP contribution in [0.3, 0.4) is 0 Å². The molecule has 4 aliphatic rings. The fraction of sp³-hybridized carbons (Fsp3) is 0.750. The van der Waals surface area contributed by atoms with Gasteiger partial charge in [0.25, 0.3) is 0 Å². The van der Waals surface area contributed by atoms with Crippen LogP contribution in [0.15, 0.2) is 27.4 Å². The van der Waals surface area contributed by atoms with Gasteiger partial charge in [0.15, 0.2) is 5.89 Å². The Labute approximate surface area is 226 Å². The molecule has 0 bridgehead atoms. The standard InChI is InChI=1S/C32H45NO5/c1-18(5-10-28-33-26-17-21(37-4)6-7-22(26)30(36)38-28)23-8-9-24-29-25(12-14-32(23,24)3)31(2)13-11-20(34)15-19(31)16-27(29)35/h6-7,17-20,23-25,27,29,34-35H,5,8-16H2,1-4H3/t18-,19+,20-,23-,24+,25?,27+,29+,31+,32-/m1/s1. The second-order valence-corrected chi connectivity index (χ2v) is 13.7. The van der Waals surface area contributed by atoms with E-state index in [1.54, 1.807) is 25.3 Å². The number of ether oxygens (including phenoxy) is 1. The minimum absolute atomic E-state index is 0.189. The van der Waals surface area contributed by atoms with E-state index in [0.29, 0.717) is 64.5 Å². The van der Waals surface area contributed by atoms with E-state index in [9.17, 15) is 15.0 Å². The zero-order valence-electron chi connectivity index (χ0n) is 23.5. The van der Waals surface area contributed by atoms with Crippen molar-refractivity contribution in [3.8, 4) is 5.75 Å². The molecule has 4 saturated carbocycles. The number of rotatable bonds is 5. The van der Waals surface area contributed by atoms with Crippen LogP contribution in [-0.4, -0.2) is 34.5 Å². The maximum absolute atomic E-state index is 12.6.